The van der Waals surface area contributed by atoms with Crippen LogP contribution in [0.5, 0.6) is 0 Å². The van der Waals surface area contributed by atoms with Gasteiger partial charge >= 0.3 is 0 Å². The summed E-state index contributed by atoms with van der Waals surface area (Å²) >= 11 is 1.43. The van der Waals surface area contributed by atoms with Crippen molar-refractivity contribution in [1.29, 1.82) is 0 Å². The van der Waals surface area contributed by atoms with E-state index in [9.17, 15) is 4.79 Å². The number of aliphatic hydroxyl groups excluding tert-OH is 1. The normalized spacial score (nSPS) is 15.2. The SMILES string of the molecule is O=C(NCC1CCCC1)c1csc(C#CCO)c1. The van der Waals surface area contributed by atoms with Crippen LogP contribution in [-0.4, -0.2) is 24.2 Å². The van der Waals surface area contributed by atoms with E-state index in [2.05, 4.69) is 17.2 Å². The van der Waals surface area contributed by atoms with Crippen LogP contribution in [0.1, 0.15) is 40.9 Å². The minimum absolute atomic E-state index is 0.0183. The molecule has 1 saturated carbocycles. The summed E-state index contributed by atoms with van der Waals surface area (Å²) in [4.78, 5) is 12.7. The van der Waals surface area contributed by atoms with Gasteiger partial charge in [-0.15, -0.1) is 11.3 Å². The highest BCUT2D eigenvalue weighted by atomic mass is 32.1. The molecule has 2 N–H and O–H groups in total. The second kappa shape index (κ2) is 6.58. The van der Waals surface area contributed by atoms with E-state index in [0.717, 1.165) is 11.4 Å². The van der Waals surface area contributed by atoms with Crippen molar-refractivity contribution in [2.45, 2.75) is 25.7 Å². The highest BCUT2D eigenvalue weighted by molar-refractivity contribution is 7.10. The summed E-state index contributed by atoms with van der Waals surface area (Å²) in [7, 11) is 0. The lowest BCUT2D eigenvalue weighted by Gasteiger charge is -2.09. The van der Waals surface area contributed by atoms with Gasteiger partial charge in [0.05, 0.1) is 10.4 Å². The Morgan fingerprint density at radius 1 is 1.50 bits per heavy atom. The van der Waals surface area contributed by atoms with Gasteiger partial charge in [0.25, 0.3) is 5.91 Å². The topological polar surface area (TPSA) is 49.3 Å². The fourth-order valence-electron chi connectivity index (χ4n) is 2.20. The van der Waals surface area contributed by atoms with Gasteiger partial charge in [0.15, 0.2) is 0 Å². The summed E-state index contributed by atoms with van der Waals surface area (Å²) in [5.74, 6) is 6.02. The van der Waals surface area contributed by atoms with Gasteiger partial charge in [-0.1, -0.05) is 24.7 Å². The largest absolute Gasteiger partial charge is 0.384 e. The first-order chi connectivity index (χ1) is 8.79. The smallest absolute Gasteiger partial charge is 0.252 e. The summed E-state index contributed by atoms with van der Waals surface area (Å²) < 4.78 is 0. The quantitative estimate of drug-likeness (QED) is 0.820. The van der Waals surface area contributed by atoms with Crippen LogP contribution < -0.4 is 5.32 Å². The lowest BCUT2D eigenvalue weighted by molar-refractivity contribution is 0.0948. The van der Waals surface area contributed by atoms with Gasteiger partial charge in [-0.2, -0.15) is 0 Å². The molecule has 1 aliphatic carbocycles. The molecular formula is C14H17NO2S. The Hall–Kier alpha value is -1.31. The number of hydrogen-bond donors (Lipinski definition) is 2. The molecule has 0 spiro atoms. The van der Waals surface area contributed by atoms with Crippen molar-refractivity contribution >= 4 is 17.2 Å². The first-order valence-corrected chi connectivity index (χ1v) is 7.14. The van der Waals surface area contributed by atoms with E-state index in [1.807, 2.05) is 5.38 Å². The van der Waals surface area contributed by atoms with E-state index in [1.54, 1.807) is 6.07 Å². The predicted molar refractivity (Wildman–Crippen MR) is 72.6 cm³/mol. The van der Waals surface area contributed by atoms with Crippen molar-refractivity contribution in [3.8, 4) is 11.8 Å². The Morgan fingerprint density at radius 2 is 2.28 bits per heavy atom. The molecular weight excluding hydrogens is 246 g/mol. The number of thiophene rings is 1. The maximum absolute atomic E-state index is 11.9. The fourth-order valence-corrected chi connectivity index (χ4v) is 2.96. The molecule has 0 saturated heterocycles. The lowest BCUT2D eigenvalue weighted by Crippen LogP contribution is -2.27. The summed E-state index contributed by atoms with van der Waals surface area (Å²) in [5, 5.41) is 13.4. The third kappa shape index (κ3) is 3.59. The number of aliphatic hydroxyl groups is 1. The van der Waals surface area contributed by atoms with Crippen molar-refractivity contribution in [2.24, 2.45) is 5.92 Å². The van der Waals surface area contributed by atoms with E-state index in [1.165, 1.54) is 37.0 Å². The van der Waals surface area contributed by atoms with Crippen molar-refractivity contribution < 1.29 is 9.90 Å². The molecule has 1 fully saturated rings. The molecule has 0 radical (unpaired) electrons. The average molecular weight is 263 g/mol. The first kappa shape index (κ1) is 13.1. The molecule has 0 aliphatic heterocycles. The highest BCUT2D eigenvalue weighted by Crippen LogP contribution is 2.23. The maximum Gasteiger partial charge on any atom is 0.252 e. The minimum atomic E-state index is -0.152. The Bertz CT molecular complexity index is 464. The number of rotatable bonds is 3. The van der Waals surface area contributed by atoms with Crippen LogP contribution in [0.3, 0.4) is 0 Å². The summed E-state index contributed by atoms with van der Waals surface area (Å²) in [6, 6.07) is 1.78. The van der Waals surface area contributed by atoms with Crippen LogP contribution in [0.15, 0.2) is 11.4 Å². The molecule has 1 aromatic rings. The fraction of sp³-hybridized carbons (Fsp3) is 0.500. The molecule has 0 atom stereocenters. The van der Waals surface area contributed by atoms with E-state index < -0.39 is 0 Å². The second-order valence-corrected chi connectivity index (χ2v) is 5.43. The Balaban J connectivity index is 1.86. The highest BCUT2D eigenvalue weighted by Gasteiger charge is 2.16. The molecule has 1 amide bonds. The van der Waals surface area contributed by atoms with Crippen molar-refractivity contribution in [1.82, 2.24) is 5.32 Å². The number of carbonyl (C=O) groups excluding carboxylic acids is 1. The third-order valence-corrected chi connectivity index (χ3v) is 4.02. The zero-order valence-corrected chi connectivity index (χ0v) is 11.1. The van der Waals surface area contributed by atoms with Gasteiger partial charge in [-0.3, -0.25) is 4.79 Å². The molecule has 3 nitrogen and oxygen atoms in total. The summed E-state index contributed by atoms with van der Waals surface area (Å²) in [5.41, 5.74) is 0.667. The van der Waals surface area contributed by atoms with Crippen LogP contribution in [0.25, 0.3) is 0 Å². The number of nitrogens with one attached hydrogen (secondary N) is 1. The first-order valence-electron chi connectivity index (χ1n) is 6.26. The molecule has 4 heteroatoms. The maximum atomic E-state index is 11.9. The molecule has 18 heavy (non-hydrogen) atoms. The van der Waals surface area contributed by atoms with Gasteiger partial charge in [0.1, 0.15) is 6.61 Å². The Kier molecular flexibility index (Phi) is 4.80. The molecule has 1 heterocycles. The van der Waals surface area contributed by atoms with Crippen molar-refractivity contribution in [3.63, 3.8) is 0 Å². The molecule has 0 bridgehead atoms. The third-order valence-electron chi connectivity index (χ3n) is 3.18. The molecule has 0 unspecified atom stereocenters. The van der Waals surface area contributed by atoms with E-state index >= 15 is 0 Å². The van der Waals surface area contributed by atoms with Gasteiger partial charge in [0, 0.05) is 11.9 Å². The lowest BCUT2D eigenvalue weighted by atomic mass is 10.1. The van der Waals surface area contributed by atoms with Crippen molar-refractivity contribution in [3.05, 3.63) is 21.9 Å². The molecule has 96 valence electrons. The molecule has 0 aromatic carbocycles. The van der Waals surface area contributed by atoms with Crippen LogP contribution >= 0.6 is 11.3 Å². The van der Waals surface area contributed by atoms with Crippen LogP contribution in [0, 0.1) is 17.8 Å². The van der Waals surface area contributed by atoms with Gasteiger partial charge in [-0.05, 0) is 24.8 Å². The van der Waals surface area contributed by atoms with Gasteiger partial charge in [-0.25, -0.2) is 0 Å². The summed E-state index contributed by atoms with van der Waals surface area (Å²) in [6.45, 7) is 0.632. The van der Waals surface area contributed by atoms with Gasteiger partial charge in [0.2, 0.25) is 0 Å². The monoisotopic (exact) mass is 263 g/mol. The number of carbonyl (C=O) groups is 1. The summed E-state index contributed by atoms with van der Waals surface area (Å²) in [6.07, 6.45) is 5.05. The Labute approximate surface area is 111 Å². The second-order valence-electron chi connectivity index (χ2n) is 4.52. The number of hydrogen-bond acceptors (Lipinski definition) is 3. The standard InChI is InChI=1S/C14H17NO2S/c16-7-3-6-13-8-12(10-18-13)14(17)15-9-11-4-1-2-5-11/h8,10-11,16H,1-2,4-5,7,9H2,(H,15,17). The van der Waals surface area contributed by atoms with Crippen molar-refractivity contribution in [2.75, 3.05) is 13.2 Å². The zero-order valence-electron chi connectivity index (χ0n) is 10.2. The van der Waals surface area contributed by atoms with Gasteiger partial charge < -0.3 is 10.4 Å². The molecule has 1 aromatic heterocycles. The number of amides is 1. The van der Waals surface area contributed by atoms with E-state index in [-0.39, 0.29) is 12.5 Å². The van der Waals surface area contributed by atoms with E-state index in [0.29, 0.717) is 11.5 Å². The zero-order chi connectivity index (χ0) is 12.8. The predicted octanol–water partition coefficient (Wildman–Crippen LogP) is 2.01. The average Bonchev–Trinajstić information content (AvgIpc) is 3.04. The molecule has 1 aliphatic rings. The van der Waals surface area contributed by atoms with Crippen LogP contribution in [0.2, 0.25) is 0 Å². The van der Waals surface area contributed by atoms with Crippen LogP contribution in [0.4, 0.5) is 0 Å². The van der Waals surface area contributed by atoms with E-state index in [4.69, 9.17) is 5.11 Å². The Morgan fingerprint density at radius 3 is 3.00 bits per heavy atom. The molecule has 2 rings (SSSR count). The van der Waals surface area contributed by atoms with Crippen LogP contribution in [-0.2, 0) is 0 Å². The minimum Gasteiger partial charge on any atom is -0.384 e.